The molecule has 3 N–H and O–H groups in total. The van der Waals surface area contributed by atoms with Crippen molar-refractivity contribution in [3.8, 4) is 0 Å². The maximum Gasteiger partial charge on any atom is 0.245 e. The highest BCUT2D eigenvalue weighted by Gasteiger charge is 2.48. The van der Waals surface area contributed by atoms with Crippen LogP contribution in [0.3, 0.4) is 0 Å². The molecule has 0 bridgehead atoms. The van der Waals surface area contributed by atoms with Crippen molar-refractivity contribution in [3.05, 3.63) is 23.9 Å². The Labute approximate surface area is 134 Å². The molecule has 0 radical (unpaired) electrons. The number of carbonyl (C=O) groups excluding carboxylic acids is 1. The molecule has 23 heavy (non-hydrogen) atoms. The van der Waals surface area contributed by atoms with Gasteiger partial charge in [-0.15, -0.1) is 0 Å². The molecule has 1 aromatic heterocycles. The van der Waals surface area contributed by atoms with E-state index in [1.165, 1.54) is 0 Å². The van der Waals surface area contributed by atoms with Crippen molar-refractivity contribution < 1.29 is 13.2 Å². The molecule has 1 fully saturated rings. The number of fused-ring (bicyclic) bond motifs is 1. The van der Waals surface area contributed by atoms with Crippen LogP contribution < -0.4 is 10.6 Å². The van der Waals surface area contributed by atoms with Crippen molar-refractivity contribution >= 4 is 32.3 Å². The third kappa shape index (κ3) is 2.61. The van der Waals surface area contributed by atoms with Gasteiger partial charge in [0.15, 0.2) is 14.6 Å². The van der Waals surface area contributed by atoms with Crippen molar-refractivity contribution in [2.24, 2.45) is 0 Å². The van der Waals surface area contributed by atoms with Crippen molar-refractivity contribution in [2.45, 2.75) is 24.5 Å². The lowest BCUT2D eigenvalue weighted by atomic mass is 9.95. The highest BCUT2D eigenvalue weighted by Crippen LogP contribution is 2.31. The normalized spacial score (nSPS) is 18.0. The molecule has 1 amide bonds. The standard InChI is InChI=1S/C15H20N4O3S/c1-10-3-4-12(13-11(10)9-17-19-13)18-14(20)15(23(2,21)22)5-7-16-8-6-15/h3-4,9,16H,5-8H2,1-2H3,(H,17,19)(H,18,20). The molecule has 1 saturated heterocycles. The number of anilines is 1. The number of rotatable bonds is 3. The number of hydrogen-bond donors (Lipinski definition) is 3. The molecule has 124 valence electrons. The average Bonchev–Trinajstić information content (AvgIpc) is 3.00. The van der Waals surface area contributed by atoms with Gasteiger partial charge in [0.1, 0.15) is 0 Å². The van der Waals surface area contributed by atoms with Gasteiger partial charge in [-0.05, 0) is 44.5 Å². The summed E-state index contributed by atoms with van der Waals surface area (Å²) in [4.78, 5) is 12.8. The van der Waals surface area contributed by atoms with E-state index in [0.717, 1.165) is 17.2 Å². The summed E-state index contributed by atoms with van der Waals surface area (Å²) in [6.45, 7) is 2.97. The van der Waals surface area contributed by atoms with Gasteiger partial charge in [0.05, 0.1) is 17.4 Å². The third-order valence-electron chi connectivity index (χ3n) is 4.62. The summed E-state index contributed by atoms with van der Waals surface area (Å²) in [7, 11) is -3.53. The first-order valence-corrected chi connectivity index (χ1v) is 9.39. The van der Waals surface area contributed by atoms with Gasteiger partial charge in [-0.25, -0.2) is 8.42 Å². The van der Waals surface area contributed by atoms with Crippen LogP contribution in [0.15, 0.2) is 18.3 Å². The van der Waals surface area contributed by atoms with Crippen LogP contribution >= 0.6 is 0 Å². The number of piperidine rings is 1. The Kier molecular flexibility index (Phi) is 3.89. The molecule has 0 spiro atoms. The number of amides is 1. The Bertz CT molecular complexity index is 851. The summed E-state index contributed by atoms with van der Waals surface area (Å²) in [5.41, 5.74) is 2.29. The number of nitrogens with one attached hydrogen (secondary N) is 3. The van der Waals surface area contributed by atoms with E-state index in [4.69, 9.17) is 0 Å². The second-order valence-electron chi connectivity index (χ2n) is 6.06. The van der Waals surface area contributed by atoms with E-state index in [2.05, 4.69) is 20.8 Å². The van der Waals surface area contributed by atoms with Crippen molar-refractivity contribution in [1.82, 2.24) is 15.5 Å². The lowest BCUT2D eigenvalue weighted by Gasteiger charge is -2.34. The topological polar surface area (TPSA) is 104 Å². The zero-order valence-electron chi connectivity index (χ0n) is 13.1. The molecular weight excluding hydrogens is 316 g/mol. The van der Waals surface area contributed by atoms with Gasteiger partial charge >= 0.3 is 0 Å². The highest BCUT2D eigenvalue weighted by molar-refractivity contribution is 7.92. The summed E-state index contributed by atoms with van der Waals surface area (Å²) < 4.78 is 23.2. The van der Waals surface area contributed by atoms with Gasteiger partial charge in [0, 0.05) is 11.6 Å². The first-order chi connectivity index (χ1) is 10.8. The molecule has 7 nitrogen and oxygen atoms in total. The predicted octanol–water partition coefficient (Wildman–Crippen LogP) is 0.977. The summed E-state index contributed by atoms with van der Waals surface area (Å²) in [5, 5.41) is 13.7. The fraction of sp³-hybridized carbons (Fsp3) is 0.467. The van der Waals surface area contributed by atoms with Gasteiger partial charge in [-0.3, -0.25) is 9.89 Å². The number of H-pyrrole nitrogens is 1. The minimum Gasteiger partial charge on any atom is -0.323 e. The first kappa shape index (κ1) is 15.9. The van der Waals surface area contributed by atoms with Gasteiger partial charge in [0.25, 0.3) is 0 Å². The average molecular weight is 336 g/mol. The van der Waals surface area contributed by atoms with Gasteiger partial charge in [-0.2, -0.15) is 5.10 Å². The van der Waals surface area contributed by atoms with Gasteiger partial charge in [0.2, 0.25) is 5.91 Å². The molecular formula is C15H20N4O3S. The number of aryl methyl sites for hydroxylation is 1. The largest absolute Gasteiger partial charge is 0.323 e. The van der Waals surface area contributed by atoms with Crippen molar-refractivity contribution in [2.75, 3.05) is 24.7 Å². The van der Waals surface area contributed by atoms with E-state index >= 15 is 0 Å². The Morgan fingerprint density at radius 2 is 2.00 bits per heavy atom. The molecule has 0 unspecified atom stereocenters. The summed E-state index contributed by atoms with van der Waals surface area (Å²) in [5.74, 6) is -0.471. The third-order valence-corrected chi connectivity index (χ3v) is 6.63. The summed E-state index contributed by atoms with van der Waals surface area (Å²) >= 11 is 0. The SMILES string of the molecule is Cc1ccc(NC(=O)C2(S(C)(=O)=O)CCNCC2)c2[nH]ncc12. The Morgan fingerprint density at radius 1 is 1.30 bits per heavy atom. The highest BCUT2D eigenvalue weighted by atomic mass is 32.2. The number of aromatic amines is 1. The van der Waals surface area contributed by atoms with E-state index in [9.17, 15) is 13.2 Å². The summed E-state index contributed by atoms with van der Waals surface area (Å²) in [6, 6.07) is 3.65. The van der Waals surface area contributed by atoms with E-state index in [1.807, 2.05) is 13.0 Å². The predicted molar refractivity (Wildman–Crippen MR) is 89.1 cm³/mol. The van der Waals surface area contributed by atoms with Gasteiger partial charge in [-0.1, -0.05) is 6.07 Å². The van der Waals surface area contributed by atoms with Crippen LogP contribution in [0.5, 0.6) is 0 Å². The van der Waals surface area contributed by atoms with E-state index < -0.39 is 20.5 Å². The zero-order valence-corrected chi connectivity index (χ0v) is 14.0. The molecule has 1 aliphatic rings. The Hall–Kier alpha value is -1.93. The lowest BCUT2D eigenvalue weighted by molar-refractivity contribution is -0.119. The molecule has 2 aromatic rings. The van der Waals surface area contributed by atoms with Gasteiger partial charge < -0.3 is 10.6 Å². The molecule has 0 saturated carbocycles. The van der Waals surface area contributed by atoms with Crippen LogP contribution in [0.4, 0.5) is 5.69 Å². The van der Waals surface area contributed by atoms with Crippen LogP contribution in [0.2, 0.25) is 0 Å². The Balaban J connectivity index is 1.99. The van der Waals surface area contributed by atoms with Crippen LogP contribution in [-0.4, -0.2) is 48.6 Å². The number of hydrogen-bond acceptors (Lipinski definition) is 5. The van der Waals surface area contributed by atoms with E-state index in [1.54, 1.807) is 12.3 Å². The fourth-order valence-electron chi connectivity index (χ4n) is 3.11. The number of nitrogens with zero attached hydrogens (tertiary/aromatic N) is 1. The Morgan fingerprint density at radius 3 is 2.65 bits per heavy atom. The second-order valence-corrected chi connectivity index (χ2v) is 8.39. The number of carbonyl (C=O) groups is 1. The molecule has 8 heteroatoms. The maximum atomic E-state index is 12.8. The molecule has 1 aromatic carbocycles. The van der Waals surface area contributed by atoms with E-state index in [-0.39, 0.29) is 12.8 Å². The second kappa shape index (κ2) is 5.61. The minimum absolute atomic E-state index is 0.273. The molecule has 3 rings (SSSR count). The smallest absolute Gasteiger partial charge is 0.245 e. The molecule has 2 heterocycles. The van der Waals surface area contributed by atoms with Crippen molar-refractivity contribution in [1.29, 1.82) is 0 Å². The molecule has 1 aliphatic heterocycles. The molecule has 0 atom stereocenters. The van der Waals surface area contributed by atoms with Crippen LogP contribution in [-0.2, 0) is 14.6 Å². The van der Waals surface area contributed by atoms with E-state index in [0.29, 0.717) is 24.3 Å². The number of sulfone groups is 1. The maximum absolute atomic E-state index is 12.8. The lowest BCUT2D eigenvalue weighted by Crippen LogP contribution is -2.55. The first-order valence-electron chi connectivity index (χ1n) is 7.50. The van der Waals surface area contributed by atoms with Crippen LogP contribution in [0.1, 0.15) is 18.4 Å². The quantitative estimate of drug-likeness (QED) is 0.775. The number of aromatic nitrogens is 2. The van der Waals surface area contributed by atoms with Crippen molar-refractivity contribution in [3.63, 3.8) is 0 Å². The summed E-state index contributed by atoms with van der Waals surface area (Å²) in [6.07, 6.45) is 3.38. The van der Waals surface area contributed by atoms with Crippen LogP contribution in [0, 0.1) is 6.92 Å². The minimum atomic E-state index is -3.53. The van der Waals surface area contributed by atoms with Crippen LogP contribution in [0.25, 0.3) is 10.9 Å². The molecule has 0 aliphatic carbocycles. The zero-order chi connectivity index (χ0) is 16.7. The number of benzene rings is 1. The monoisotopic (exact) mass is 336 g/mol. The fourth-order valence-corrected chi connectivity index (χ4v) is 4.44.